The predicted molar refractivity (Wildman–Crippen MR) is 94.3 cm³/mol. The fourth-order valence-corrected chi connectivity index (χ4v) is 4.31. The van der Waals surface area contributed by atoms with Crippen molar-refractivity contribution < 1.29 is 0 Å². The molecule has 1 heterocycles. The molecule has 3 unspecified atom stereocenters. The van der Waals surface area contributed by atoms with Crippen molar-refractivity contribution >= 4 is 40.5 Å². The molecule has 0 amide bonds. The number of benzene rings is 2. The molecule has 2 aromatic carbocycles. The van der Waals surface area contributed by atoms with Crippen LogP contribution >= 0.6 is 34.8 Å². The fourth-order valence-electron chi connectivity index (χ4n) is 3.62. The normalized spacial score (nSPS) is 25.5. The largest absolute Gasteiger partial charge is 0.376 e. The average Bonchev–Trinajstić information content (AvgIpc) is 2.97. The Morgan fingerprint density at radius 2 is 1.73 bits per heavy atom. The van der Waals surface area contributed by atoms with Crippen molar-refractivity contribution in [2.45, 2.75) is 18.4 Å². The molecule has 4 heteroatoms. The van der Waals surface area contributed by atoms with Gasteiger partial charge in [0.15, 0.2) is 0 Å². The number of fused-ring (bicyclic) bond motifs is 3. The lowest BCUT2D eigenvalue weighted by molar-refractivity contribution is 0.425. The van der Waals surface area contributed by atoms with Crippen LogP contribution in [0.3, 0.4) is 0 Å². The fraction of sp³-hybridized carbons (Fsp3) is 0.222. The molecular formula is C18H14Cl3N. The van der Waals surface area contributed by atoms with E-state index >= 15 is 0 Å². The van der Waals surface area contributed by atoms with Gasteiger partial charge >= 0.3 is 0 Å². The number of allylic oxidation sites excluding steroid dienone is 2. The Labute approximate surface area is 144 Å². The van der Waals surface area contributed by atoms with E-state index in [1.165, 1.54) is 11.1 Å². The van der Waals surface area contributed by atoms with Crippen molar-refractivity contribution in [3.05, 3.63) is 74.7 Å². The van der Waals surface area contributed by atoms with Crippen LogP contribution in [-0.4, -0.2) is 0 Å². The lowest BCUT2D eigenvalue weighted by Gasteiger charge is -2.38. The molecule has 0 bridgehead atoms. The minimum atomic E-state index is 0.225. The molecule has 0 radical (unpaired) electrons. The molecule has 1 aliphatic heterocycles. The van der Waals surface area contributed by atoms with Crippen LogP contribution in [0.1, 0.15) is 29.5 Å². The first-order chi connectivity index (χ1) is 10.6. The van der Waals surface area contributed by atoms with Gasteiger partial charge in [0.2, 0.25) is 0 Å². The molecule has 2 aliphatic rings. The summed E-state index contributed by atoms with van der Waals surface area (Å²) in [5.74, 6) is 0.830. The maximum atomic E-state index is 6.42. The highest BCUT2D eigenvalue weighted by molar-refractivity contribution is 6.36. The molecule has 2 aromatic rings. The van der Waals surface area contributed by atoms with E-state index < -0.39 is 0 Å². The molecule has 0 saturated carbocycles. The number of hydrogen-bond donors (Lipinski definition) is 1. The second-order valence-corrected chi connectivity index (χ2v) is 7.16. The predicted octanol–water partition coefficient (Wildman–Crippen LogP) is 6.47. The molecule has 4 rings (SSSR count). The van der Waals surface area contributed by atoms with Crippen molar-refractivity contribution in [2.24, 2.45) is 5.92 Å². The standard InChI is InChI=1S/C18H14Cl3N/c19-11-6-4-10(5-7-11)17-14-3-1-2-13(14)15-8-12(20)9-16(21)18(15)22-17/h1-2,4-9,13-14,17,22H,3H2. The third kappa shape index (κ3) is 2.32. The lowest BCUT2D eigenvalue weighted by Crippen LogP contribution is -2.29. The first-order valence-corrected chi connectivity index (χ1v) is 8.44. The van der Waals surface area contributed by atoms with E-state index in [0.29, 0.717) is 21.9 Å². The summed E-state index contributed by atoms with van der Waals surface area (Å²) >= 11 is 18.6. The Hall–Kier alpha value is -1.15. The molecule has 0 spiro atoms. The van der Waals surface area contributed by atoms with Crippen LogP contribution in [0.25, 0.3) is 0 Å². The molecule has 1 nitrogen and oxygen atoms in total. The SMILES string of the molecule is Clc1ccc(C2Nc3c(Cl)cc(Cl)cc3C3C=CCC32)cc1. The van der Waals surface area contributed by atoms with Gasteiger partial charge in [-0.05, 0) is 47.7 Å². The first-order valence-electron chi connectivity index (χ1n) is 7.31. The first kappa shape index (κ1) is 14.4. The van der Waals surface area contributed by atoms with Crippen LogP contribution in [0.5, 0.6) is 0 Å². The smallest absolute Gasteiger partial charge is 0.0655 e. The molecule has 22 heavy (non-hydrogen) atoms. The number of hydrogen-bond acceptors (Lipinski definition) is 1. The van der Waals surface area contributed by atoms with Gasteiger partial charge in [0.1, 0.15) is 0 Å². The molecule has 112 valence electrons. The number of nitrogens with one attached hydrogen (secondary N) is 1. The van der Waals surface area contributed by atoms with E-state index in [9.17, 15) is 0 Å². The Kier molecular flexibility index (Phi) is 3.60. The van der Waals surface area contributed by atoms with Crippen LogP contribution in [0, 0.1) is 5.92 Å². The lowest BCUT2D eigenvalue weighted by atomic mass is 9.77. The van der Waals surface area contributed by atoms with E-state index in [-0.39, 0.29) is 6.04 Å². The summed E-state index contributed by atoms with van der Waals surface area (Å²) in [6, 6.07) is 12.1. The Bertz CT molecular complexity index is 752. The van der Waals surface area contributed by atoms with Gasteiger partial charge in [0.25, 0.3) is 0 Å². The van der Waals surface area contributed by atoms with Gasteiger partial charge < -0.3 is 5.32 Å². The summed E-state index contributed by atoms with van der Waals surface area (Å²) in [4.78, 5) is 0. The van der Waals surface area contributed by atoms with Gasteiger partial charge in [0.05, 0.1) is 16.8 Å². The highest BCUT2D eigenvalue weighted by Crippen LogP contribution is 2.52. The number of halogens is 3. The molecule has 0 saturated heterocycles. The van der Waals surface area contributed by atoms with Gasteiger partial charge in [-0.25, -0.2) is 0 Å². The zero-order chi connectivity index (χ0) is 15.3. The Morgan fingerprint density at radius 3 is 2.50 bits per heavy atom. The highest BCUT2D eigenvalue weighted by atomic mass is 35.5. The van der Waals surface area contributed by atoms with Crippen molar-refractivity contribution in [2.75, 3.05) is 5.32 Å². The second-order valence-electron chi connectivity index (χ2n) is 5.88. The summed E-state index contributed by atoms with van der Waals surface area (Å²) in [7, 11) is 0. The second kappa shape index (κ2) is 5.49. The highest BCUT2D eigenvalue weighted by Gasteiger charge is 2.38. The molecule has 1 N–H and O–H groups in total. The molecular weight excluding hydrogens is 337 g/mol. The van der Waals surface area contributed by atoms with E-state index in [2.05, 4.69) is 29.6 Å². The monoisotopic (exact) mass is 349 g/mol. The van der Waals surface area contributed by atoms with Gasteiger partial charge in [0, 0.05) is 16.0 Å². The zero-order valence-electron chi connectivity index (χ0n) is 11.7. The van der Waals surface area contributed by atoms with E-state index in [1.807, 2.05) is 18.2 Å². The topological polar surface area (TPSA) is 12.0 Å². The van der Waals surface area contributed by atoms with Gasteiger partial charge in [-0.2, -0.15) is 0 Å². The van der Waals surface area contributed by atoms with Crippen molar-refractivity contribution in [3.8, 4) is 0 Å². The Morgan fingerprint density at radius 1 is 0.955 bits per heavy atom. The summed E-state index contributed by atoms with van der Waals surface area (Å²) in [6.07, 6.45) is 5.58. The van der Waals surface area contributed by atoms with E-state index in [0.717, 1.165) is 17.1 Å². The van der Waals surface area contributed by atoms with Crippen LogP contribution in [0.4, 0.5) is 5.69 Å². The van der Waals surface area contributed by atoms with Crippen LogP contribution in [-0.2, 0) is 0 Å². The van der Waals surface area contributed by atoms with Crippen molar-refractivity contribution in [3.63, 3.8) is 0 Å². The summed E-state index contributed by atoms with van der Waals surface area (Å²) in [5, 5.41) is 5.75. The number of rotatable bonds is 1. The molecule has 0 fully saturated rings. The van der Waals surface area contributed by atoms with E-state index in [1.54, 1.807) is 6.07 Å². The maximum absolute atomic E-state index is 6.42. The van der Waals surface area contributed by atoms with Crippen LogP contribution in [0.2, 0.25) is 15.1 Å². The third-order valence-corrected chi connectivity index (χ3v) is 5.38. The minimum absolute atomic E-state index is 0.225. The summed E-state index contributed by atoms with van der Waals surface area (Å²) in [6.45, 7) is 0. The molecule has 0 aromatic heterocycles. The molecule has 1 aliphatic carbocycles. The third-order valence-electron chi connectivity index (χ3n) is 4.61. The van der Waals surface area contributed by atoms with Crippen molar-refractivity contribution in [1.29, 1.82) is 0 Å². The molecule has 3 atom stereocenters. The van der Waals surface area contributed by atoms with Crippen LogP contribution < -0.4 is 5.32 Å². The minimum Gasteiger partial charge on any atom is -0.376 e. The summed E-state index contributed by atoms with van der Waals surface area (Å²) < 4.78 is 0. The average molecular weight is 351 g/mol. The zero-order valence-corrected chi connectivity index (χ0v) is 14.0. The number of anilines is 1. The van der Waals surface area contributed by atoms with Gasteiger partial charge in [-0.1, -0.05) is 59.1 Å². The maximum Gasteiger partial charge on any atom is 0.0655 e. The van der Waals surface area contributed by atoms with E-state index in [4.69, 9.17) is 34.8 Å². The van der Waals surface area contributed by atoms with Crippen molar-refractivity contribution in [1.82, 2.24) is 0 Å². The van der Waals surface area contributed by atoms with Gasteiger partial charge in [-0.15, -0.1) is 0 Å². The quantitative estimate of drug-likeness (QED) is 0.581. The Balaban J connectivity index is 1.82. The van der Waals surface area contributed by atoms with Gasteiger partial charge in [-0.3, -0.25) is 0 Å². The summed E-state index contributed by atoms with van der Waals surface area (Å²) in [5.41, 5.74) is 3.43. The van der Waals surface area contributed by atoms with Crippen LogP contribution in [0.15, 0.2) is 48.6 Å².